The van der Waals surface area contributed by atoms with E-state index in [9.17, 15) is 9.59 Å². The summed E-state index contributed by atoms with van der Waals surface area (Å²) in [7, 11) is 0. The Morgan fingerprint density at radius 2 is 2.17 bits per heavy atom. The van der Waals surface area contributed by atoms with Gasteiger partial charge in [0.05, 0.1) is 5.56 Å². The molecule has 18 heavy (non-hydrogen) atoms. The van der Waals surface area contributed by atoms with Crippen LogP contribution in [-0.2, 0) is 11.8 Å². The Balaban J connectivity index is 2.19. The Labute approximate surface area is 104 Å². The van der Waals surface area contributed by atoms with E-state index in [1.54, 1.807) is 0 Å². The molecule has 94 valence electrons. The van der Waals surface area contributed by atoms with Crippen LogP contribution in [0.5, 0.6) is 0 Å². The van der Waals surface area contributed by atoms with Crippen LogP contribution in [0.15, 0.2) is 37.8 Å². The predicted octanol–water partition coefficient (Wildman–Crippen LogP) is 1.81. The van der Waals surface area contributed by atoms with Crippen molar-refractivity contribution in [3.05, 3.63) is 56.0 Å². The van der Waals surface area contributed by atoms with Crippen LogP contribution < -0.4 is 11.3 Å². The number of nitrogens with one attached hydrogen (secondary N) is 1. The molecule has 0 radical (unpaired) electrons. The summed E-state index contributed by atoms with van der Waals surface area (Å²) in [6.07, 6.45) is 9.71. The minimum absolute atomic E-state index is 0.295. The Hall–Kier alpha value is -1.84. The number of hydrogen-bond acceptors (Lipinski definition) is 3. The number of allylic oxidation sites excluding steroid dienone is 4. The van der Waals surface area contributed by atoms with Crippen molar-refractivity contribution in [3.8, 4) is 0 Å². The molecule has 0 saturated heterocycles. The molecular formula is C14H15NO3. The molecule has 1 heterocycles. The average Bonchev–Trinajstić information content (AvgIpc) is 2.70. The van der Waals surface area contributed by atoms with Gasteiger partial charge in [0, 0.05) is 5.41 Å². The number of H-pyrrole nitrogens is 1. The van der Waals surface area contributed by atoms with E-state index in [-0.39, 0.29) is 11.0 Å². The van der Waals surface area contributed by atoms with E-state index in [2.05, 4.69) is 24.1 Å². The van der Waals surface area contributed by atoms with Gasteiger partial charge in [0.15, 0.2) is 0 Å². The first kappa shape index (κ1) is 11.3. The number of aromatic amines is 1. The first-order chi connectivity index (χ1) is 8.61. The summed E-state index contributed by atoms with van der Waals surface area (Å²) >= 11 is 0. The number of aromatic nitrogens is 1. The van der Waals surface area contributed by atoms with Crippen LogP contribution in [0, 0.1) is 0 Å². The van der Waals surface area contributed by atoms with Crippen molar-refractivity contribution < 1.29 is 4.42 Å². The molecule has 1 atom stereocenters. The van der Waals surface area contributed by atoms with Gasteiger partial charge < -0.3 is 4.42 Å². The Morgan fingerprint density at radius 3 is 2.89 bits per heavy atom. The normalized spacial score (nSPS) is 25.9. The van der Waals surface area contributed by atoms with Crippen molar-refractivity contribution in [2.75, 3.05) is 0 Å². The van der Waals surface area contributed by atoms with Crippen LogP contribution in [0.4, 0.5) is 0 Å². The van der Waals surface area contributed by atoms with Crippen LogP contribution in [0.1, 0.15) is 37.5 Å². The monoisotopic (exact) mass is 245 g/mol. The third-order valence-corrected chi connectivity index (χ3v) is 4.06. The van der Waals surface area contributed by atoms with Gasteiger partial charge in [-0.3, -0.25) is 9.78 Å². The highest BCUT2D eigenvalue weighted by atomic mass is 16.4. The van der Waals surface area contributed by atoms with E-state index < -0.39 is 5.76 Å². The number of hydrogen-bond donors (Lipinski definition) is 1. The first-order valence-corrected chi connectivity index (χ1v) is 6.24. The highest BCUT2D eigenvalue weighted by Crippen LogP contribution is 2.44. The van der Waals surface area contributed by atoms with Crippen LogP contribution in [0.2, 0.25) is 0 Å². The van der Waals surface area contributed by atoms with E-state index in [1.165, 1.54) is 5.57 Å². The molecule has 3 rings (SSSR count). The molecular weight excluding hydrogens is 230 g/mol. The molecule has 1 N–H and O–H groups in total. The van der Waals surface area contributed by atoms with Crippen molar-refractivity contribution in [3.63, 3.8) is 0 Å². The molecule has 0 saturated carbocycles. The molecule has 2 aliphatic carbocycles. The van der Waals surface area contributed by atoms with Crippen molar-refractivity contribution in [1.82, 2.24) is 4.98 Å². The van der Waals surface area contributed by atoms with Crippen LogP contribution in [0.25, 0.3) is 0 Å². The largest absolute Gasteiger partial charge is 0.419 e. The Morgan fingerprint density at radius 1 is 1.33 bits per heavy atom. The summed E-state index contributed by atoms with van der Waals surface area (Å²) in [6, 6.07) is 0. The smallest absolute Gasteiger partial charge is 0.413 e. The van der Waals surface area contributed by atoms with Crippen molar-refractivity contribution >= 4 is 0 Å². The zero-order chi connectivity index (χ0) is 12.8. The van der Waals surface area contributed by atoms with Gasteiger partial charge >= 0.3 is 5.76 Å². The van der Waals surface area contributed by atoms with Gasteiger partial charge in [-0.1, -0.05) is 23.8 Å². The first-order valence-electron chi connectivity index (χ1n) is 6.24. The van der Waals surface area contributed by atoms with E-state index in [0.717, 1.165) is 19.3 Å². The minimum Gasteiger partial charge on any atom is -0.413 e. The lowest BCUT2D eigenvalue weighted by Crippen LogP contribution is -2.28. The van der Waals surface area contributed by atoms with Gasteiger partial charge in [-0.15, -0.1) is 0 Å². The zero-order valence-electron chi connectivity index (χ0n) is 10.3. The van der Waals surface area contributed by atoms with Gasteiger partial charge in [-0.25, -0.2) is 4.79 Å². The molecule has 2 aliphatic rings. The molecule has 0 aliphatic heterocycles. The molecule has 1 aromatic heterocycles. The second kappa shape index (κ2) is 3.83. The van der Waals surface area contributed by atoms with E-state index in [4.69, 9.17) is 4.42 Å². The lowest BCUT2D eigenvalue weighted by atomic mass is 9.77. The van der Waals surface area contributed by atoms with Crippen LogP contribution in [0.3, 0.4) is 0 Å². The van der Waals surface area contributed by atoms with E-state index >= 15 is 0 Å². The molecule has 4 heteroatoms. The minimum atomic E-state index is -0.654. The average molecular weight is 245 g/mol. The van der Waals surface area contributed by atoms with Crippen LogP contribution in [-0.4, -0.2) is 4.98 Å². The molecule has 0 spiro atoms. The van der Waals surface area contributed by atoms with Crippen molar-refractivity contribution in [2.45, 2.75) is 38.0 Å². The van der Waals surface area contributed by atoms with E-state index in [1.807, 2.05) is 6.08 Å². The quantitative estimate of drug-likeness (QED) is 0.820. The fraction of sp³-hybridized carbons (Fsp3) is 0.429. The second-order valence-electron chi connectivity index (χ2n) is 5.14. The third-order valence-electron chi connectivity index (χ3n) is 4.06. The highest BCUT2D eigenvalue weighted by Gasteiger charge is 2.41. The zero-order valence-corrected chi connectivity index (χ0v) is 10.3. The van der Waals surface area contributed by atoms with Crippen molar-refractivity contribution in [2.24, 2.45) is 0 Å². The SMILES string of the molecule is CC1(C2=CC=CCC2)CCc2c1oc(=O)[nH]c2=O. The van der Waals surface area contributed by atoms with Crippen LogP contribution >= 0.6 is 0 Å². The maximum Gasteiger partial charge on any atom is 0.419 e. The molecule has 0 bridgehead atoms. The predicted molar refractivity (Wildman–Crippen MR) is 67.7 cm³/mol. The standard InChI is InChI=1S/C14H15NO3/c1-14(9-5-3-2-4-6-9)8-7-10-11(14)18-13(17)15-12(10)16/h2-3,5H,4,6-8H2,1H3,(H,15,16,17). The lowest BCUT2D eigenvalue weighted by molar-refractivity contribution is 0.364. The molecule has 1 aromatic rings. The summed E-state index contributed by atoms with van der Waals surface area (Å²) in [5.41, 5.74) is 1.29. The summed E-state index contributed by atoms with van der Waals surface area (Å²) in [5.74, 6) is -0.0865. The maximum atomic E-state index is 11.8. The summed E-state index contributed by atoms with van der Waals surface area (Å²) in [6.45, 7) is 2.06. The second-order valence-corrected chi connectivity index (χ2v) is 5.14. The summed E-state index contributed by atoms with van der Waals surface area (Å²) < 4.78 is 5.29. The molecule has 0 fully saturated rings. The lowest BCUT2D eigenvalue weighted by Gasteiger charge is -2.28. The molecule has 1 unspecified atom stereocenters. The summed E-state index contributed by atoms with van der Waals surface area (Å²) in [5, 5.41) is 0. The number of rotatable bonds is 1. The third kappa shape index (κ3) is 1.52. The molecule has 0 aromatic carbocycles. The van der Waals surface area contributed by atoms with Gasteiger partial charge in [0.2, 0.25) is 0 Å². The van der Waals surface area contributed by atoms with E-state index in [0.29, 0.717) is 17.7 Å². The van der Waals surface area contributed by atoms with Gasteiger partial charge in [-0.05, 0) is 32.6 Å². The Bertz CT molecular complexity index is 662. The van der Waals surface area contributed by atoms with Crippen molar-refractivity contribution in [1.29, 1.82) is 0 Å². The molecule has 0 amide bonds. The number of fused-ring (bicyclic) bond motifs is 1. The Kier molecular flexibility index (Phi) is 2.40. The maximum absolute atomic E-state index is 11.8. The summed E-state index contributed by atoms with van der Waals surface area (Å²) in [4.78, 5) is 25.3. The fourth-order valence-electron chi connectivity index (χ4n) is 2.98. The van der Waals surface area contributed by atoms with Gasteiger partial charge in [0.25, 0.3) is 5.56 Å². The van der Waals surface area contributed by atoms with Gasteiger partial charge in [-0.2, -0.15) is 0 Å². The highest BCUT2D eigenvalue weighted by molar-refractivity contribution is 5.40. The van der Waals surface area contributed by atoms with Gasteiger partial charge in [0.1, 0.15) is 5.76 Å². The topological polar surface area (TPSA) is 63.1 Å². The fourth-order valence-corrected chi connectivity index (χ4v) is 2.98. The molecule has 4 nitrogen and oxygen atoms in total.